The Hall–Kier alpha value is -1.72. The van der Waals surface area contributed by atoms with Crippen LogP contribution >= 0.6 is 0 Å². The Morgan fingerprint density at radius 3 is 2.45 bits per heavy atom. The number of nitrogens with zero attached hydrogens (tertiary/aromatic N) is 1. The standard InChI is InChI=1S/C17H22N2O3/c20-16-6-5-15(17(21)18-16)11-13-1-3-14(4-2-13)12-19-7-9-22-10-8-19/h1-4,15H,5-12H2,(H,18,20,21). The van der Waals surface area contributed by atoms with E-state index in [4.69, 9.17) is 4.74 Å². The van der Waals surface area contributed by atoms with Gasteiger partial charge in [0.2, 0.25) is 11.8 Å². The second kappa shape index (κ2) is 7.03. The van der Waals surface area contributed by atoms with E-state index in [1.165, 1.54) is 5.56 Å². The number of carbonyl (C=O) groups is 2. The third-order valence-corrected chi connectivity index (χ3v) is 4.37. The van der Waals surface area contributed by atoms with Crippen molar-refractivity contribution in [3.8, 4) is 0 Å². The Kier molecular flexibility index (Phi) is 4.85. The van der Waals surface area contributed by atoms with E-state index < -0.39 is 0 Å². The van der Waals surface area contributed by atoms with Crippen molar-refractivity contribution < 1.29 is 14.3 Å². The van der Waals surface area contributed by atoms with Crippen LogP contribution in [0.1, 0.15) is 24.0 Å². The lowest BCUT2D eigenvalue weighted by molar-refractivity contribution is -0.136. The summed E-state index contributed by atoms with van der Waals surface area (Å²) in [4.78, 5) is 25.3. The first-order valence-corrected chi connectivity index (χ1v) is 7.92. The monoisotopic (exact) mass is 302 g/mol. The molecule has 1 unspecified atom stereocenters. The summed E-state index contributed by atoms with van der Waals surface area (Å²) in [5.74, 6) is -0.362. The van der Waals surface area contributed by atoms with E-state index in [0.29, 0.717) is 19.3 Å². The maximum Gasteiger partial charge on any atom is 0.230 e. The topological polar surface area (TPSA) is 58.6 Å². The van der Waals surface area contributed by atoms with Crippen molar-refractivity contribution in [2.24, 2.45) is 5.92 Å². The highest BCUT2D eigenvalue weighted by Gasteiger charge is 2.26. The lowest BCUT2D eigenvalue weighted by Crippen LogP contribution is -2.41. The van der Waals surface area contributed by atoms with E-state index >= 15 is 0 Å². The fourth-order valence-electron chi connectivity index (χ4n) is 3.02. The van der Waals surface area contributed by atoms with Crippen LogP contribution in [-0.4, -0.2) is 43.0 Å². The second-order valence-electron chi connectivity index (χ2n) is 6.06. The van der Waals surface area contributed by atoms with Crippen LogP contribution < -0.4 is 5.32 Å². The Bertz CT molecular complexity index is 535. The highest BCUT2D eigenvalue weighted by molar-refractivity contribution is 5.98. The van der Waals surface area contributed by atoms with Gasteiger partial charge in [-0.2, -0.15) is 0 Å². The molecule has 2 amide bonds. The highest BCUT2D eigenvalue weighted by Crippen LogP contribution is 2.19. The number of ether oxygens (including phenoxy) is 1. The van der Waals surface area contributed by atoms with Gasteiger partial charge < -0.3 is 4.74 Å². The molecule has 2 fully saturated rings. The molecule has 5 nitrogen and oxygen atoms in total. The smallest absolute Gasteiger partial charge is 0.230 e. The van der Waals surface area contributed by atoms with Crippen LogP contribution in [0, 0.1) is 5.92 Å². The zero-order valence-electron chi connectivity index (χ0n) is 12.7. The van der Waals surface area contributed by atoms with Crippen molar-refractivity contribution in [1.29, 1.82) is 0 Å². The van der Waals surface area contributed by atoms with Gasteiger partial charge in [-0.05, 0) is 24.0 Å². The van der Waals surface area contributed by atoms with Gasteiger partial charge in [-0.1, -0.05) is 24.3 Å². The van der Waals surface area contributed by atoms with Crippen LogP contribution in [0.3, 0.4) is 0 Å². The predicted octanol–water partition coefficient (Wildman–Crippen LogP) is 1.11. The fraction of sp³-hybridized carbons (Fsp3) is 0.529. The molecule has 2 aliphatic heterocycles. The summed E-state index contributed by atoms with van der Waals surface area (Å²) in [6.45, 7) is 4.54. The number of morpholine rings is 1. The molecule has 0 bridgehead atoms. The van der Waals surface area contributed by atoms with E-state index in [-0.39, 0.29) is 17.7 Å². The molecule has 5 heteroatoms. The van der Waals surface area contributed by atoms with Crippen molar-refractivity contribution >= 4 is 11.8 Å². The molecule has 1 N–H and O–H groups in total. The molecular formula is C17H22N2O3. The number of imide groups is 1. The first-order chi connectivity index (χ1) is 10.7. The largest absolute Gasteiger partial charge is 0.379 e. The van der Waals surface area contributed by atoms with Crippen molar-refractivity contribution in [3.63, 3.8) is 0 Å². The van der Waals surface area contributed by atoms with Crippen LogP contribution in [0.5, 0.6) is 0 Å². The summed E-state index contributed by atoms with van der Waals surface area (Å²) in [7, 11) is 0. The van der Waals surface area contributed by atoms with Gasteiger partial charge in [-0.3, -0.25) is 19.8 Å². The first kappa shape index (κ1) is 15.2. The van der Waals surface area contributed by atoms with Crippen LogP contribution in [0.15, 0.2) is 24.3 Å². The average Bonchev–Trinajstić information content (AvgIpc) is 2.53. The first-order valence-electron chi connectivity index (χ1n) is 7.92. The van der Waals surface area contributed by atoms with E-state index in [1.807, 2.05) is 0 Å². The number of rotatable bonds is 4. The summed E-state index contributed by atoms with van der Waals surface area (Å²) >= 11 is 0. The molecule has 0 radical (unpaired) electrons. The lowest BCUT2D eigenvalue weighted by atomic mass is 9.91. The summed E-state index contributed by atoms with van der Waals surface area (Å²) in [6.07, 6.45) is 1.81. The SMILES string of the molecule is O=C1CCC(Cc2ccc(CN3CCOCC3)cc2)C(=O)N1. The van der Waals surface area contributed by atoms with E-state index in [2.05, 4.69) is 34.5 Å². The number of hydrogen-bond donors (Lipinski definition) is 1. The predicted molar refractivity (Wildman–Crippen MR) is 82.1 cm³/mol. The van der Waals surface area contributed by atoms with Crippen LogP contribution in [0.2, 0.25) is 0 Å². The Morgan fingerprint density at radius 2 is 1.77 bits per heavy atom. The quantitative estimate of drug-likeness (QED) is 0.847. The van der Waals surface area contributed by atoms with Gasteiger partial charge in [0, 0.05) is 32.0 Å². The number of carbonyl (C=O) groups excluding carboxylic acids is 2. The van der Waals surface area contributed by atoms with Gasteiger partial charge in [-0.15, -0.1) is 0 Å². The summed E-state index contributed by atoms with van der Waals surface area (Å²) < 4.78 is 5.36. The molecule has 118 valence electrons. The van der Waals surface area contributed by atoms with E-state index in [0.717, 1.165) is 38.4 Å². The van der Waals surface area contributed by atoms with Crippen molar-refractivity contribution in [3.05, 3.63) is 35.4 Å². The van der Waals surface area contributed by atoms with Gasteiger partial charge in [0.15, 0.2) is 0 Å². The average molecular weight is 302 g/mol. The Morgan fingerprint density at radius 1 is 1.09 bits per heavy atom. The second-order valence-corrected chi connectivity index (χ2v) is 6.06. The summed E-state index contributed by atoms with van der Waals surface area (Å²) in [6, 6.07) is 8.46. The molecular weight excluding hydrogens is 280 g/mol. The molecule has 0 aromatic heterocycles. The third-order valence-electron chi connectivity index (χ3n) is 4.37. The molecule has 0 saturated carbocycles. The van der Waals surface area contributed by atoms with Crippen LogP contribution in [0.25, 0.3) is 0 Å². The van der Waals surface area contributed by atoms with Gasteiger partial charge in [0.05, 0.1) is 13.2 Å². The minimum absolute atomic E-state index is 0.0807. The molecule has 22 heavy (non-hydrogen) atoms. The fourth-order valence-corrected chi connectivity index (χ4v) is 3.02. The Labute approximate surface area is 130 Å². The molecule has 1 aromatic carbocycles. The maximum atomic E-state index is 11.8. The molecule has 2 aliphatic rings. The molecule has 1 atom stereocenters. The van der Waals surface area contributed by atoms with Gasteiger partial charge in [0.1, 0.15) is 0 Å². The molecule has 1 aromatic rings. The number of amides is 2. The summed E-state index contributed by atoms with van der Waals surface area (Å²) in [5, 5.41) is 2.42. The van der Waals surface area contributed by atoms with Crippen molar-refractivity contribution in [2.45, 2.75) is 25.8 Å². The molecule has 0 spiro atoms. The van der Waals surface area contributed by atoms with E-state index in [9.17, 15) is 9.59 Å². The van der Waals surface area contributed by atoms with Crippen molar-refractivity contribution in [2.75, 3.05) is 26.3 Å². The minimum Gasteiger partial charge on any atom is -0.379 e. The minimum atomic E-state index is -0.151. The van der Waals surface area contributed by atoms with Gasteiger partial charge >= 0.3 is 0 Å². The maximum absolute atomic E-state index is 11.8. The summed E-state index contributed by atoms with van der Waals surface area (Å²) in [5.41, 5.74) is 2.44. The molecule has 2 saturated heterocycles. The van der Waals surface area contributed by atoms with Gasteiger partial charge in [-0.25, -0.2) is 0 Å². The van der Waals surface area contributed by atoms with Gasteiger partial charge in [0.25, 0.3) is 0 Å². The van der Waals surface area contributed by atoms with Crippen molar-refractivity contribution in [1.82, 2.24) is 10.2 Å². The number of piperidine rings is 1. The third kappa shape index (κ3) is 3.93. The molecule has 2 heterocycles. The molecule has 3 rings (SSSR count). The molecule has 0 aliphatic carbocycles. The zero-order valence-corrected chi connectivity index (χ0v) is 12.7. The van der Waals surface area contributed by atoms with Crippen LogP contribution in [-0.2, 0) is 27.3 Å². The number of nitrogens with one attached hydrogen (secondary N) is 1. The Balaban J connectivity index is 1.54. The lowest BCUT2D eigenvalue weighted by Gasteiger charge is -2.26. The normalized spacial score (nSPS) is 23.4. The van der Waals surface area contributed by atoms with E-state index in [1.54, 1.807) is 0 Å². The highest BCUT2D eigenvalue weighted by atomic mass is 16.5. The number of hydrogen-bond acceptors (Lipinski definition) is 4. The van der Waals surface area contributed by atoms with Crippen LogP contribution in [0.4, 0.5) is 0 Å². The number of benzene rings is 1. The zero-order chi connectivity index (χ0) is 15.4.